The maximum absolute atomic E-state index is 13.0. The topological polar surface area (TPSA) is 40.6 Å². The third kappa shape index (κ3) is 2.72. The molecule has 118 valence electrons. The van der Waals surface area contributed by atoms with Crippen LogP contribution in [0.2, 0.25) is 0 Å². The van der Waals surface area contributed by atoms with Crippen LogP contribution in [0.1, 0.15) is 25.5 Å². The number of carbonyl (C=O) groups is 2. The zero-order valence-corrected chi connectivity index (χ0v) is 13.3. The van der Waals surface area contributed by atoms with Crippen molar-refractivity contribution in [1.82, 2.24) is 0 Å². The van der Waals surface area contributed by atoms with Crippen LogP contribution in [0.5, 0.6) is 0 Å². The average molecular weight is 308 g/mol. The van der Waals surface area contributed by atoms with Crippen molar-refractivity contribution in [3.8, 4) is 0 Å². The number of hydrogen-bond donors (Lipinski definition) is 0. The Labute approximate surface area is 136 Å². The smallest absolute Gasteiger partial charge is 0.232 e. The molecule has 2 atom stereocenters. The lowest BCUT2D eigenvalue weighted by molar-refractivity contribution is -0.122. The molecule has 0 spiro atoms. The molecule has 1 aliphatic rings. The molecule has 0 saturated carbocycles. The van der Waals surface area contributed by atoms with Gasteiger partial charge in [-0.15, -0.1) is 0 Å². The van der Waals surface area contributed by atoms with E-state index in [0.717, 1.165) is 23.3 Å². The van der Waals surface area contributed by atoms with Gasteiger partial charge in [-0.2, -0.15) is 0 Å². The number of rotatable bonds is 3. The number of anilines is 2. The molecule has 4 nitrogen and oxygen atoms in total. The van der Waals surface area contributed by atoms with E-state index in [2.05, 4.69) is 0 Å². The van der Waals surface area contributed by atoms with Gasteiger partial charge in [-0.05, 0) is 24.6 Å². The minimum atomic E-state index is -0.251. The van der Waals surface area contributed by atoms with Crippen LogP contribution in [-0.2, 0) is 9.59 Å². The van der Waals surface area contributed by atoms with Crippen molar-refractivity contribution in [1.29, 1.82) is 0 Å². The van der Waals surface area contributed by atoms with Crippen LogP contribution < -0.4 is 9.80 Å². The predicted octanol–water partition coefficient (Wildman–Crippen LogP) is 3.39. The van der Waals surface area contributed by atoms with E-state index in [0.29, 0.717) is 6.54 Å². The number of para-hydroxylation sites is 2. The van der Waals surface area contributed by atoms with Crippen LogP contribution in [0.4, 0.5) is 11.4 Å². The SMILES string of the molecule is CC1CN(C=O)c2ccccc2N(C(C)c2ccccc2)C1=O. The summed E-state index contributed by atoms with van der Waals surface area (Å²) in [5.74, 6) is -0.211. The standard InChI is InChI=1S/C19H20N2O2/c1-14-12-20(13-22)17-10-6-7-11-18(17)21(19(14)23)15(2)16-8-4-3-5-9-16/h3-11,13-15H,12H2,1-2H3. The number of carbonyl (C=O) groups excluding carboxylic acids is 2. The minimum absolute atomic E-state index is 0.0400. The summed E-state index contributed by atoms with van der Waals surface area (Å²) < 4.78 is 0. The number of hydrogen-bond acceptors (Lipinski definition) is 2. The maximum atomic E-state index is 13.0. The fourth-order valence-electron chi connectivity index (χ4n) is 3.12. The van der Waals surface area contributed by atoms with Gasteiger partial charge >= 0.3 is 0 Å². The lowest BCUT2D eigenvalue weighted by Crippen LogP contribution is -2.38. The van der Waals surface area contributed by atoms with Crippen molar-refractivity contribution in [3.63, 3.8) is 0 Å². The van der Waals surface area contributed by atoms with Crippen LogP contribution in [0.25, 0.3) is 0 Å². The molecule has 0 N–H and O–H groups in total. The normalized spacial score (nSPS) is 19.0. The van der Waals surface area contributed by atoms with Crippen LogP contribution in [0.15, 0.2) is 54.6 Å². The van der Waals surface area contributed by atoms with E-state index in [1.54, 1.807) is 4.90 Å². The monoisotopic (exact) mass is 308 g/mol. The third-order valence-corrected chi connectivity index (χ3v) is 4.38. The Kier molecular flexibility index (Phi) is 4.15. The summed E-state index contributed by atoms with van der Waals surface area (Å²) >= 11 is 0. The van der Waals surface area contributed by atoms with E-state index < -0.39 is 0 Å². The van der Waals surface area contributed by atoms with Gasteiger partial charge in [0.1, 0.15) is 0 Å². The Balaban J connectivity index is 2.12. The maximum Gasteiger partial charge on any atom is 0.232 e. The van der Waals surface area contributed by atoms with Gasteiger partial charge in [0.2, 0.25) is 12.3 Å². The highest BCUT2D eigenvalue weighted by Crippen LogP contribution is 2.38. The quantitative estimate of drug-likeness (QED) is 0.816. The van der Waals surface area contributed by atoms with Crippen LogP contribution in [0.3, 0.4) is 0 Å². The van der Waals surface area contributed by atoms with E-state index in [9.17, 15) is 9.59 Å². The highest BCUT2D eigenvalue weighted by molar-refractivity contribution is 6.02. The van der Waals surface area contributed by atoms with Gasteiger partial charge in [0.15, 0.2) is 0 Å². The zero-order chi connectivity index (χ0) is 16.4. The lowest BCUT2D eigenvalue weighted by atomic mass is 10.0. The molecular formula is C19H20N2O2. The van der Waals surface area contributed by atoms with Crippen molar-refractivity contribution in [2.45, 2.75) is 19.9 Å². The van der Waals surface area contributed by atoms with Gasteiger partial charge in [-0.3, -0.25) is 9.59 Å². The van der Waals surface area contributed by atoms with Crippen LogP contribution in [0, 0.1) is 5.92 Å². The van der Waals surface area contributed by atoms with Crippen molar-refractivity contribution in [3.05, 3.63) is 60.2 Å². The molecule has 3 rings (SSSR count). The van der Waals surface area contributed by atoms with Gasteiger partial charge < -0.3 is 9.80 Å². The molecule has 0 radical (unpaired) electrons. The summed E-state index contributed by atoms with van der Waals surface area (Å²) in [7, 11) is 0. The van der Waals surface area contributed by atoms with E-state index >= 15 is 0 Å². The molecule has 2 aromatic carbocycles. The Morgan fingerprint density at radius 3 is 2.30 bits per heavy atom. The molecule has 1 aliphatic heterocycles. The minimum Gasteiger partial charge on any atom is -0.312 e. The van der Waals surface area contributed by atoms with Gasteiger partial charge in [-0.25, -0.2) is 0 Å². The molecule has 0 aromatic heterocycles. The molecule has 0 aliphatic carbocycles. The highest BCUT2D eigenvalue weighted by atomic mass is 16.2. The number of fused-ring (bicyclic) bond motifs is 1. The van der Waals surface area contributed by atoms with E-state index in [1.807, 2.05) is 73.3 Å². The molecule has 2 amide bonds. The van der Waals surface area contributed by atoms with E-state index in [-0.39, 0.29) is 17.9 Å². The molecule has 4 heteroatoms. The summed E-state index contributed by atoms with van der Waals surface area (Å²) in [6.07, 6.45) is 0.805. The molecule has 0 saturated heterocycles. The second-order valence-corrected chi connectivity index (χ2v) is 5.94. The molecule has 0 fully saturated rings. The van der Waals surface area contributed by atoms with Crippen LogP contribution >= 0.6 is 0 Å². The average Bonchev–Trinajstić information content (AvgIpc) is 2.70. The molecule has 1 heterocycles. The number of nitrogens with zero attached hydrogens (tertiary/aromatic N) is 2. The molecule has 23 heavy (non-hydrogen) atoms. The summed E-state index contributed by atoms with van der Waals surface area (Å²) in [5, 5.41) is 0. The molecule has 2 aromatic rings. The van der Waals surface area contributed by atoms with Crippen LogP contribution in [-0.4, -0.2) is 18.9 Å². The molecule has 0 bridgehead atoms. The van der Waals surface area contributed by atoms with Crippen molar-refractivity contribution in [2.24, 2.45) is 5.92 Å². The van der Waals surface area contributed by atoms with E-state index in [4.69, 9.17) is 0 Å². The highest BCUT2D eigenvalue weighted by Gasteiger charge is 2.34. The first kappa shape index (κ1) is 15.3. The van der Waals surface area contributed by atoms with E-state index in [1.165, 1.54) is 0 Å². The molecule has 2 unspecified atom stereocenters. The summed E-state index contributed by atoms with van der Waals surface area (Å²) in [5.41, 5.74) is 2.63. The summed E-state index contributed by atoms with van der Waals surface area (Å²) in [6, 6.07) is 17.4. The first-order valence-electron chi connectivity index (χ1n) is 7.82. The Bertz CT molecular complexity index is 714. The Morgan fingerprint density at radius 1 is 1.04 bits per heavy atom. The van der Waals surface area contributed by atoms with Crippen molar-refractivity contribution in [2.75, 3.05) is 16.3 Å². The van der Waals surface area contributed by atoms with Crippen molar-refractivity contribution >= 4 is 23.7 Å². The Hall–Kier alpha value is -2.62. The zero-order valence-electron chi connectivity index (χ0n) is 13.3. The van der Waals surface area contributed by atoms with Gasteiger partial charge in [0.25, 0.3) is 0 Å². The fraction of sp³-hybridized carbons (Fsp3) is 0.263. The third-order valence-electron chi connectivity index (χ3n) is 4.38. The first-order valence-corrected chi connectivity index (χ1v) is 7.82. The second kappa shape index (κ2) is 6.24. The number of benzene rings is 2. The molecular weight excluding hydrogens is 288 g/mol. The summed E-state index contributed by atoms with van der Waals surface area (Å²) in [6.45, 7) is 4.29. The Morgan fingerprint density at radius 2 is 1.65 bits per heavy atom. The van der Waals surface area contributed by atoms with Gasteiger partial charge in [0, 0.05) is 6.54 Å². The van der Waals surface area contributed by atoms with Gasteiger partial charge in [-0.1, -0.05) is 49.4 Å². The predicted molar refractivity (Wildman–Crippen MR) is 91.4 cm³/mol. The van der Waals surface area contributed by atoms with Gasteiger partial charge in [0.05, 0.1) is 23.3 Å². The largest absolute Gasteiger partial charge is 0.312 e. The second-order valence-electron chi connectivity index (χ2n) is 5.94. The first-order chi connectivity index (χ1) is 11.1. The lowest BCUT2D eigenvalue weighted by Gasteiger charge is -2.31. The van der Waals surface area contributed by atoms with Crippen molar-refractivity contribution < 1.29 is 9.59 Å². The number of amides is 2. The fourth-order valence-corrected chi connectivity index (χ4v) is 3.12. The summed E-state index contributed by atoms with van der Waals surface area (Å²) in [4.78, 5) is 27.9.